The van der Waals surface area contributed by atoms with Gasteiger partial charge in [-0.25, -0.2) is 0 Å². The summed E-state index contributed by atoms with van der Waals surface area (Å²) < 4.78 is 15.1. The molecule has 0 aromatic heterocycles. The second kappa shape index (κ2) is 6.71. The van der Waals surface area contributed by atoms with E-state index in [4.69, 9.17) is 0 Å². The molecule has 10 aliphatic heterocycles. The van der Waals surface area contributed by atoms with Crippen LogP contribution in [0.3, 0.4) is 0 Å². The average molecular weight is 822 g/mol. The van der Waals surface area contributed by atoms with Crippen LogP contribution < -0.4 is 0 Å². The molecule has 1 spiro atoms. The molecule has 0 aliphatic carbocycles. The molecule has 4 unspecified atom stereocenters. The second-order valence-corrected chi connectivity index (χ2v) is 108. The van der Waals surface area contributed by atoms with Crippen LogP contribution >= 0.6 is 15.8 Å². The Kier molecular flexibility index (Phi) is 4.70. The van der Waals surface area contributed by atoms with Crippen molar-refractivity contribution in [2.24, 2.45) is 0 Å². The molecule has 10 heterocycles. The van der Waals surface area contributed by atoms with Crippen LogP contribution in [0.15, 0.2) is 0 Å². The van der Waals surface area contributed by atoms with Gasteiger partial charge in [0, 0.05) is 0 Å². The Bertz CT molecular complexity index is 1310. The molecule has 45 heavy (non-hydrogen) atoms. The molecule has 0 radical (unpaired) electrons. The summed E-state index contributed by atoms with van der Waals surface area (Å²) in [7, 11) is 0.744. The third kappa shape index (κ3) is 1.18. The Labute approximate surface area is 266 Å². The standard InChI is InChI=1S/C37H71P2.C5H5.Hf/c1-5-9-13-17-21-25-32-38(33-26-22-18-14-10-6-2)36-30-29-31-37(36)39(34-27-23-19-15-11-7-3)35-28-24-20-16-12-8-4;1-2-4-5-3-1;/h29-31H,5-28,32-35H2,1-4H3;1-5H;. The molecule has 4 atom stereocenters. The van der Waals surface area contributed by atoms with Crippen molar-refractivity contribution >= 4 is 15.8 Å². The third-order valence-electron chi connectivity index (χ3n) is 28.4. The van der Waals surface area contributed by atoms with Crippen molar-refractivity contribution in [3.8, 4) is 0 Å². The van der Waals surface area contributed by atoms with E-state index in [2.05, 4.69) is 27.7 Å². The number of hydrogen-bond donors (Lipinski definition) is 0. The van der Waals surface area contributed by atoms with Gasteiger partial charge in [-0.1, -0.05) is 0 Å². The Morgan fingerprint density at radius 3 is 0.800 bits per heavy atom. The van der Waals surface area contributed by atoms with Gasteiger partial charge in [-0.3, -0.25) is 0 Å². The van der Waals surface area contributed by atoms with E-state index >= 15 is 0 Å². The van der Waals surface area contributed by atoms with Gasteiger partial charge >= 0.3 is 269 Å². The predicted octanol–water partition coefficient (Wildman–Crippen LogP) is 15.6. The maximum absolute atomic E-state index is 4.08. The minimum atomic E-state index is -4.08. The van der Waals surface area contributed by atoms with Gasteiger partial charge in [0.05, 0.1) is 0 Å². The van der Waals surface area contributed by atoms with E-state index in [1.54, 1.807) is 131 Å². The van der Waals surface area contributed by atoms with Gasteiger partial charge in [0.2, 0.25) is 0 Å². The number of hydrogen-bond acceptors (Lipinski definition) is 0. The molecule has 0 N–H and O–H groups in total. The van der Waals surface area contributed by atoms with Crippen LogP contribution in [-0.2, 0) is 11.2 Å². The van der Waals surface area contributed by atoms with Crippen LogP contribution in [0.2, 0.25) is 29.4 Å². The van der Waals surface area contributed by atoms with Crippen molar-refractivity contribution in [2.75, 3.05) is 24.6 Å². The van der Waals surface area contributed by atoms with Gasteiger partial charge in [0.1, 0.15) is 0 Å². The Morgan fingerprint density at radius 1 is 0.333 bits per heavy atom. The first-order valence-corrected chi connectivity index (χ1v) is 46.1. The van der Waals surface area contributed by atoms with Gasteiger partial charge in [-0.2, -0.15) is 0 Å². The zero-order valence-corrected chi connectivity index (χ0v) is 36.2. The third-order valence-corrected chi connectivity index (χ3v) is 200. The second-order valence-electron chi connectivity index (χ2n) is 23.8. The summed E-state index contributed by atoms with van der Waals surface area (Å²) in [6, 6.07) is 0. The van der Waals surface area contributed by atoms with Gasteiger partial charge in [0.15, 0.2) is 0 Å². The number of fused-ring (bicyclic) bond motifs is 10. The van der Waals surface area contributed by atoms with Gasteiger partial charge in [0.25, 0.3) is 0 Å². The molecule has 10 saturated heterocycles. The fourth-order valence-corrected chi connectivity index (χ4v) is 506. The van der Waals surface area contributed by atoms with Gasteiger partial charge in [-0.05, 0) is 0 Å². The molecule has 0 aromatic carbocycles. The number of unbranched alkanes of at least 4 members (excludes halogenated alkanes) is 20. The van der Waals surface area contributed by atoms with Crippen molar-refractivity contribution in [3.63, 3.8) is 0 Å². The van der Waals surface area contributed by atoms with E-state index in [1.807, 2.05) is 0 Å². The first-order valence-electron chi connectivity index (χ1n) is 22.5. The molecular weight excluding hydrogens is 745 g/mol. The van der Waals surface area contributed by atoms with Crippen LogP contribution in [0.25, 0.3) is 0 Å². The summed E-state index contributed by atoms with van der Waals surface area (Å²) in [5, 5.41) is 0. The predicted molar refractivity (Wildman–Crippen MR) is 202 cm³/mol. The molecule has 0 bridgehead atoms. The Hall–Kier alpha value is 1.73. The summed E-state index contributed by atoms with van der Waals surface area (Å²) in [5.74, 6) is 0. The quantitative estimate of drug-likeness (QED) is 0.0385. The summed E-state index contributed by atoms with van der Waals surface area (Å²) in [6.45, 7) is 9.60. The van der Waals surface area contributed by atoms with Crippen LogP contribution in [0.4, 0.5) is 0 Å². The van der Waals surface area contributed by atoms with E-state index in [0.717, 1.165) is 0 Å². The zero-order chi connectivity index (χ0) is 30.9. The first-order chi connectivity index (χ1) is 22.0. The van der Waals surface area contributed by atoms with E-state index in [-0.39, 0.29) is 0 Å². The molecule has 0 nitrogen and oxygen atoms in total. The van der Waals surface area contributed by atoms with Crippen LogP contribution in [0.5, 0.6) is 0 Å². The van der Waals surface area contributed by atoms with Crippen molar-refractivity contribution in [1.82, 2.24) is 0 Å². The van der Waals surface area contributed by atoms with Crippen LogP contribution in [-0.4, -0.2) is 30.5 Å². The van der Waals surface area contributed by atoms with E-state index in [9.17, 15) is 0 Å². The molecular formula is C42H76HfP2. The normalized spacial score (nSPS) is 54.4. The van der Waals surface area contributed by atoms with E-state index in [0.29, 0.717) is 15.8 Å². The minimum absolute atomic E-state index is 0.372. The van der Waals surface area contributed by atoms with Crippen LogP contribution in [0.1, 0.15) is 182 Å². The molecule has 0 saturated carbocycles. The SMILES string of the molecule is CCCCCCCCP(CCCCCCCC)[C]12[CH]3[CH]4[CH]5[C]1(P(CCCCCCCC)CCCCCCCC)[Hf]43521678[CH]2[CH]1[CH]6[CH]7[CH]28. The molecule has 0 amide bonds. The van der Waals surface area contributed by atoms with Crippen LogP contribution in [0, 0.1) is 0 Å². The molecule has 0 aromatic rings. The molecule has 258 valence electrons. The number of rotatable bonds is 30. The topological polar surface area (TPSA) is 0 Å². The van der Waals surface area contributed by atoms with E-state index in [1.165, 1.54) is 82.9 Å². The van der Waals surface area contributed by atoms with E-state index < -0.39 is 11.2 Å². The summed E-state index contributed by atoms with van der Waals surface area (Å²) >= 11 is -4.08. The molecule has 10 rings (SSSR count). The summed E-state index contributed by atoms with van der Waals surface area (Å²) in [4.78, 5) is 0. The van der Waals surface area contributed by atoms with Gasteiger partial charge in [-0.15, -0.1) is 0 Å². The van der Waals surface area contributed by atoms with Crippen molar-refractivity contribution in [2.45, 2.75) is 217 Å². The summed E-state index contributed by atoms with van der Waals surface area (Å²) in [5.41, 5.74) is 0. The first kappa shape index (κ1) is 31.5. The fourth-order valence-electron chi connectivity index (χ4n) is 31.4. The fraction of sp³-hybridized carbons (Fsp3) is 1.00. The average Bonchev–Trinajstić information content (AvgIpc) is 4.00. The molecule has 10 aliphatic rings. The maximum atomic E-state index is 2.40. The Morgan fingerprint density at radius 2 is 0.578 bits per heavy atom. The molecule has 3 heteroatoms. The van der Waals surface area contributed by atoms with Gasteiger partial charge < -0.3 is 0 Å². The van der Waals surface area contributed by atoms with Crippen molar-refractivity contribution in [1.29, 1.82) is 0 Å². The Balaban J connectivity index is 0.919. The monoisotopic (exact) mass is 822 g/mol. The van der Waals surface area contributed by atoms with Crippen molar-refractivity contribution < 1.29 is 11.2 Å². The van der Waals surface area contributed by atoms with Crippen molar-refractivity contribution in [3.05, 3.63) is 0 Å². The summed E-state index contributed by atoms with van der Waals surface area (Å²) in [6.07, 6.45) is 44.1. The zero-order valence-electron chi connectivity index (χ0n) is 30.8. The molecule has 10 fully saturated rings.